The molecule has 0 N–H and O–H groups in total. The minimum atomic E-state index is 0.523. The molecule has 1 spiro atoms. The van der Waals surface area contributed by atoms with Gasteiger partial charge in [-0.3, -0.25) is 0 Å². The third kappa shape index (κ3) is 2.21. The van der Waals surface area contributed by atoms with E-state index in [0.29, 0.717) is 11.5 Å². The Morgan fingerprint density at radius 3 is 2.56 bits per heavy atom. The van der Waals surface area contributed by atoms with Crippen molar-refractivity contribution < 1.29 is 4.74 Å². The topological polar surface area (TPSA) is 38.2 Å². The Balaban J connectivity index is 1.53. The molecule has 4 heteroatoms. The molecule has 4 nitrogen and oxygen atoms in total. The molecule has 2 aliphatic rings. The summed E-state index contributed by atoms with van der Waals surface area (Å²) in [6.45, 7) is 5.11. The maximum atomic E-state index is 5.68. The summed E-state index contributed by atoms with van der Waals surface area (Å²) in [6, 6.07) is 1.87. The van der Waals surface area contributed by atoms with Crippen LogP contribution in [0.2, 0.25) is 0 Å². The zero-order valence-electron chi connectivity index (χ0n) is 11.0. The third-order valence-electron chi connectivity index (χ3n) is 4.38. The highest BCUT2D eigenvalue weighted by molar-refractivity contribution is 5.29. The normalized spacial score (nSPS) is 23.1. The van der Waals surface area contributed by atoms with Gasteiger partial charge >= 0.3 is 0 Å². The molecule has 18 heavy (non-hydrogen) atoms. The van der Waals surface area contributed by atoms with Crippen molar-refractivity contribution in [1.29, 1.82) is 0 Å². The summed E-state index contributed by atoms with van der Waals surface area (Å²) in [7, 11) is 0. The minimum Gasteiger partial charge on any atom is -0.378 e. The van der Waals surface area contributed by atoms with E-state index in [1.54, 1.807) is 0 Å². The van der Waals surface area contributed by atoms with Crippen LogP contribution in [0.4, 0.5) is 5.95 Å². The number of rotatable bonds is 3. The maximum Gasteiger partial charge on any atom is 0.225 e. The number of nitrogens with zero attached hydrogens (tertiary/aromatic N) is 3. The zero-order chi connectivity index (χ0) is 12.4. The van der Waals surface area contributed by atoms with Crippen LogP contribution in [0.25, 0.3) is 0 Å². The molecule has 3 rings (SSSR count). The van der Waals surface area contributed by atoms with Crippen molar-refractivity contribution in [3.63, 3.8) is 0 Å². The summed E-state index contributed by atoms with van der Waals surface area (Å²) in [5, 5.41) is 0. The molecular formula is C14H21N3O. The number of anilines is 1. The van der Waals surface area contributed by atoms with Crippen molar-refractivity contribution in [3.05, 3.63) is 18.5 Å². The number of piperidine rings is 1. The molecule has 0 aromatic carbocycles. The lowest BCUT2D eigenvalue weighted by Crippen LogP contribution is -2.50. The number of ether oxygens (including phenoxy) is 1. The summed E-state index contributed by atoms with van der Waals surface area (Å²) in [6.07, 6.45) is 9.19. The third-order valence-corrected chi connectivity index (χ3v) is 4.38. The van der Waals surface area contributed by atoms with Crippen LogP contribution in [0.1, 0.15) is 32.6 Å². The van der Waals surface area contributed by atoms with Crippen molar-refractivity contribution in [2.75, 3.05) is 24.6 Å². The van der Waals surface area contributed by atoms with Gasteiger partial charge in [0.05, 0.1) is 6.10 Å². The van der Waals surface area contributed by atoms with Crippen LogP contribution >= 0.6 is 0 Å². The van der Waals surface area contributed by atoms with E-state index in [9.17, 15) is 0 Å². The highest BCUT2D eigenvalue weighted by Crippen LogP contribution is 2.50. The van der Waals surface area contributed by atoms with E-state index >= 15 is 0 Å². The second-order valence-electron chi connectivity index (χ2n) is 5.52. The molecule has 1 aliphatic heterocycles. The summed E-state index contributed by atoms with van der Waals surface area (Å²) in [5.74, 6) is 0.882. The smallest absolute Gasteiger partial charge is 0.225 e. The molecule has 0 amide bonds. The Hall–Kier alpha value is -1.16. The Morgan fingerprint density at radius 2 is 1.94 bits per heavy atom. The molecule has 1 aliphatic carbocycles. The number of aromatic nitrogens is 2. The van der Waals surface area contributed by atoms with E-state index in [4.69, 9.17) is 4.74 Å². The van der Waals surface area contributed by atoms with E-state index in [-0.39, 0.29) is 0 Å². The van der Waals surface area contributed by atoms with Crippen molar-refractivity contribution in [3.8, 4) is 0 Å². The van der Waals surface area contributed by atoms with Crippen LogP contribution in [-0.2, 0) is 4.74 Å². The Bertz CT molecular complexity index is 379. The van der Waals surface area contributed by atoms with Crippen LogP contribution in [0.3, 0.4) is 0 Å². The highest BCUT2D eigenvalue weighted by atomic mass is 16.5. The van der Waals surface area contributed by atoms with Crippen molar-refractivity contribution in [1.82, 2.24) is 9.97 Å². The van der Waals surface area contributed by atoms with Crippen LogP contribution < -0.4 is 4.90 Å². The summed E-state index contributed by atoms with van der Waals surface area (Å²) >= 11 is 0. The van der Waals surface area contributed by atoms with Crippen molar-refractivity contribution >= 4 is 5.95 Å². The van der Waals surface area contributed by atoms with E-state index in [0.717, 1.165) is 25.6 Å². The average Bonchev–Trinajstić information content (AvgIpc) is 2.39. The fourth-order valence-corrected chi connectivity index (χ4v) is 3.30. The van der Waals surface area contributed by atoms with Gasteiger partial charge in [0.15, 0.2) is 0 Å². The quantitative estimate of drug-likeness (QED) is 0.821. The minimum absolute atomic E-state index is 0.523. The summed E-state index contributed by atoms with van der Waals surface area (Å²) in [5.41, 5.74) is 0.561. The lowest BCUT2D eigenvalue weighted by Gasteiger charge is -2.51. The SMILES string of the molecule is CCOC1CC2(CCN(c3ncccn3)CC2)C1. The fourth-order valence-electron chi connectivity index (χ4n) is 3.30. The first kappa shape index (κ1) is 11.9. The van der Waals surface area contributed by atoms with Gasteiger partial charge in [0.1, 0.15) is 0 Å². The standard InChI is InChI=1S/C14H21N3O/c1-2-18-12-10-14(11-12)4-8-17(9-5-14)13-15-6-3-7-16-13/h3,6-7,12H,2,4-5,8-11H2,1H3. The van der Waals surface area contributed by atoms with Gasteiger partial charge in [0, 0.05) is 32.1 Å². The van der Waals surface area contributed by atoms with E-state index in [2.05, 4.69) is 21.8 Å². The van der Waals surface area contributed by atoms with Crippen LogP contribution in [0, 0.1) is 5.41 Å². The van der Waals surface area contributed by atoms with Gasteiger partial charge in [-0.1, -0.05) is 0 Å². The van der Waals surface area contributed by atoms with Gasteiger partial charge in [0.25, 0.3) is 0 Å². The molecule has 98 valence electrons. The molecule has 2 fully saturated rings. The van der Waals surface area contributed by atoms with Gasteiger partial charge in [-0.25, -0.2) is 9.97 Å². The van der Waals surface area contributed by atoms with Crippen molar-refractivity contribution in [2.24, 2.45) is 5.41 Å². The lowest BCUT2D eigenvalue weighted by atomic mass is 9.61. The van der Waals surface area contributed by atoms with Crippen LogP contribution in [0.15, 0.2) is 18.5 Å². The molecule has 1 aromatic rings. The van der Waals surface area contributed by atoms with Gasteiger partial charge < -0.3 is 9.64 Å². The predicted octanol–water partition coefficient (Wildman–Crippen LogP) is 2.26. The van der Waals surface area contributed by atoms with Crippen molar-refractivity contribution in [2.45, 2.75) is 38.7 Å². The van der Waals surface area contributed by atoms with Gasteiger partial charge in [-0.2, -0.15) is 0 Å². The predicted molar refractivity (Wildman–Crippen MR) is 70.6 cm³/mol. The van der Waals surface area contributed by atoms with E-state index in [1.807, 2.05) is 18.5 Å². The average molecular weight is 247 g/mol. The molecule has 1 saturated carbocycles. The zero-order valence-corrected chi connectivity index (χ0v) is 11.0. The molecule has 0 radical (unpaired) electrons. The van der Waals surface area contributed by atoms with Gasteiger partial charge in [0.2, 0.25) is 5.95 Å². The molecule has 0 bridgehead atoms. The molecule has 2 heterocycles. The Labute approximate surface area is 108 Å². The van der Waals surface area contributed by atoms with Gasteiger partial charge in [-0.15, -0.1) is 0 Å². The van der Waals surface area contributed by atoms with Crippen LogP contribution in [-0.4, -0.2) is 35.8 Å². The first-order chi connectivity index (χ1) is 8.81. The Kier molecular flexibility index (Phi) is 3.20. The summed E-state index contributed by atoms with van der Waals surface area (Å²) in [4.78, 5) is 11.0. The molecule has 0 unspecified atom stereocenters. The first-order valence-corrected chi connectivity index (χ1v) is 6.95. The maximum absolute atomic E-state index is 5.68. The monoisotopic (exact) mass is 247 g/mol. The fraction of sp³-hybridized carbons (Fsp3) is 0.714. The molecule has 0 atom stereocenters. The second-order valence-corrected chi connectivity index (χ2v) is 5.52. The first-order valence-electron chi connectivity index (χ1n) is 6.95. The number of hydrogen-bond donors (Lipinski definition) is 0. The molecule has 1 saturated heterocycles. The van der Waals surface area contributed by atoms with E-state index in [1.165, 1.54) is 25.7 Å². The second kappa shape index (κ2) is 4.84. The van der Waals surface area contributed by atoms with E-state index < -0.39 is 0 Å². The Morgan fingerprint density at radius 1 is 1.28 bits per heavy atom. The van der Waals surface area contributed by atoms with Gasteiger partial charge in [-0.05, 0) is 44.1 Å². The highest BCUT2D eigenvalue weighted by Gasteiger charge is 2.46. The largest absolute Gasteiger partial charge is 0.378 e. The lowest BCUT2D eigenvalue weighted by molar-refractivity contribution is -0.0870. The summed E-state index contributed by atoms with van der Waals surface area (Å²) < 4.78 is 5.68. The number of hydrogen-bond acceptors (Lipinski definition) is 4. The van der Waals surface area contributed by atoms with Crippen LogP contribution in [0.5, 0.6) is 0 Å². The molecular weight excluding hydrogens is 226 g/mol. The molecule has 1 aromatic heterocycles.